The quantitative estimate of drug-likeness (QED) is 0.469. The summed E-state index contributed by atoms with van der Waals surface area (Å²) in [6.45, 7) is 5.03. The highest BCUT2D eigenvalue weighted by Crippen LogP contribution is 2.30. The molecular formula is C26H33N3O2. The molecule has 1 heterocycles. The monoisotopic (exact) mass is 419 g/mol. The van der Waals surface area contributed by atoms with Gasteiger partial charge in [-0.05, 0) is 33.1 Å². The molecule has 1 amide bonds. The number of hydrogen-bond acceptors (Lipinski definition) is 4. The van der Waals surface area contributed by atoms with Gasteiger partial charge in [-0.2, -0.15) is 0 Å². The molecule has 0 aliphatic carbocycles. The van der Waals surface area contributed by atoms with Crippen molar-refractivity contribution in [2.45, 2.75) is 58.0 Å². The van der Waals surface area contributed by atoms with E-state index in [-0.39, 0.29) is 6.09 Å². The van der Waals surface area contributed by atoms with Gasteiger partial charge in [0, 0.05) is 17.7 Å². The molecule has 0 spiro atoms. The van der Waals surface area contributed by atoms with Crippen LogP contribution in [0.25, 0.3) is 0 Å². The third kappa shape index (κ3) is 6.78. The van der Waals surface area contributed by atoms with Crippen molar-refractivity contribution in [2.75, 3.05) is 13.2 Å². The lowest BCUT2D eigenvalue weighted by Gasteiger charge is -2.17. The Morgan fingerprint density at radius 3 is 1.90 bits per heavy atom. The molecule has 0 fully saturated rings. The summed E-state index contributed by atoms with van der Waals surface area (Å²) in [5, 5.41) is 2.77. The maximum absolute atomic E-state index is 11.3. The molecule has 0 saturated heterocycles. The van der Waals surface area contributed by atoms with Crippen LogP contribution in [0.2, 0.25) is 0 Å². The number of ether oxygens (including phenoxy) is 1. The van der Waals surface area contributed by atoms with E-state index in [2.05, 4.69) is 36.5 Å². The predicted octanol–water partition coefficient (Wildman–Crippen LogP) is 5.78. The number of hydrogen-bond donors (Lipinski definition) is 1. The van der Waals surface area contributed by atoms with Crippen LogP contribution < -0.4 is 5.32 Å². The molecule has 2 aromatic rings. The highest BCUT2D eigenvalue weighted by molar-refractivity contribution is 6.54. The van der Waals surface area contributed by atoms with Gasteiger partial charge in [0.2, 0.25) is 0 Å². The van der Waals surface area contributed by atoms with Crippen molar-refractivity contribution in [1.29, 1.82) is 0 Å². The van der Waals surface area contributed by atoms with E-state index >= 15 is 0 Å². The van der Waals surface area contributed by atoms with E-state index < -0.39 is 5.66 Å². The molecule has 1 aliphatic rings. The Labute approximate surface area is 185 Å². The van der Waals surface area contributed by atoms with Crippen LogP contribution in [-0.2, 0) is 4.74 Å². The van der Waals surface area contributed by atoms with Gasteiger partial charge in [0.1, 0.15) is 5.66 Å². The molecule has 0 atom stereocenters. The van der Waals surface area contributed by atoms with Crippen LogP contribution in [0.15, 0.2) is 70.6 Å². The van der Waals surface area contributed by atoms with E-state index in [4.69, 9.17) is 14.7 Å². The summed E-state index contributed by atoms with van der Waals surface area (Å²) in [6.07, 6.45) is 6.05. The van der Waals surface area contributed by atoms with E-state index in [1.54, 1.807) is 0 Å². The SMILES string of the molecule is CCOC(=O)NCCCCCCCC1(C)N=C(c2ccccc2)C(c2ccccc2)=N1. The Morgan fingerprint density at radius 2 is 1.35 bits per heavy atom. The second kappa shape index (κ2) is 11.4. The number of amides is 1. The Kier molecular flexibility index (Phi) is 8.39. The summed E-state index contributed by atoms with van der Waals surface area (Å²) in [6, 6.07) is 20.7. The fourth-order valence-corrected chi connectivity index (χ4v) is 3.81. The lowest BCUT2D eigenvalue weighted by Crippen LogP contribution is -2.25. The van der Waals surface area contributed by atoms with Gasteiger partial charge in [-0.15, -0.1) is 0 Å². The van der Waals surface area contributed by atoms with Crippen LogP contribution in [-0.4, -0.2) is 36.3 Å². The first-order valence-electron chi connectivity index (χ1n) is 11.3. The van der Waals surface area contributed by atoms with Gasteiger partial charge in [-0.1, -0.05) is 79.9 Å². The number of nitrogens with one attached hydrogen (secondary N) is 1. The van der Waals surface area contributed by atoms with Crippen molar-refractivity contribution < 1.29 is 9.53 Å². The second-order valence-corrected chi connectivity index (χ2v) is 8.03. The lowest BCUT2D eigenvalue weighted by molar-refractivity contribution is 0.152. The molecule has 0 radical (unpaired) electrons. The van der Waals surface area contributed by atoms with Crippen molar-refractivity contribution >= 4 is 17.5 Å². The van der Waals surface area contributed by atoms with Crippen molar-refractivity contribution in [3.8, 4) is 0 Å². The number of carbonyl (C=O) groups is 1. The largest absolute Gasteiger partial charge is 0.450 e. The maximum Gasteiger partial charge on any atom is 0.407 e. The Balaban J connectivity index is 1.53. The van der Waals surface area contributed by atoms with Crippen LogP contribution in [0, 0.1) is 0 Å². The van der Waals surface area contributed by atoms with Gasteiger partial charge < -0.3 is 10.1 Å². The number of benzene rings is 2. The fourth-order valence-electron chi connectivity index (χ4n) is 3.81. The molecule has 1 N–H and O–H groups in total. The van der Waals surface area contributed by atoms with Gasteiger partial charge >= 0.3 is 6.09 Å². The standard InChI is InChI=1S/C26H33N3O2/c1-3-31-25(30)27-20-14-6-4-5-13-19-26(2)28-23(21-15-9-7-10-16-21)24(29-26)22-17-11-8-12-18-22/h7-12,15-18H,3-6,13-14,19-20H2,1-2H3,(H,27,30). The van der Waals surface area contributed by atoms with Gasteiger partial charge in [-0.3, -0.25) is 9.98 Å². The minimum Gasteiger partial charge on any atom is -0.450 e. The zero-order valence-electron chi connectivity index (χ0n) is 18.6. The van der Waals surface area contributed by atoms with E-state index in [1.165, 1.54) is 0 Å². The van der Waals surface area contributed by atoms with Crippen LogP contribution >= 0.6 is 0 Å². The molecule has 31 heavy (non-hydrogen) atoms. The van der Waals surface area contributed by atoms with Crippen LogP contribution in [0.3, 0.4) is 0 Å². The summed E-state index contributed by atoms with van der Waals surface area (Å²) in [5.41, 5.74) is 3.78. The van der Waals surface area contributed by atoms with Gasteiger partial charge in [0.25, 0.3) is 0 Å². The number of carbonyl (C=O) groups excluding carboxylic acids is 1. The first-order valence-corrected chi connectivity index (χ1v) is 11.3. The lowest BCUT2D eigenvalue weighted by atomic mass is 10.0. The number of unbranched alkanes of at least 4 members (excludes halogenated alkanes) is 4. The third-order valence-corrected chi connectivity index (χ3v) is 5.40. The molecule has 5 nitrogen and oxygen atoms in total. The van der Waals surface area contributed by atoms with Gasteiger partial charge in [-0.25, -0.2) is 4.79 Å². The number of alkyl carbamates (subject to hydrolysis) is 1. The van der Waals surface area contributed by atoms with Crippen LogP contribution in [0.5, 0.6) is 0 Å². The van der Waals surface area contributed by atoms with Crippen molar-refractivity contribution in [1.82, 2.24) is 5.32 Å². The minimum atomic E-state index is -0.415. The topological polar surface area (TPSA) is 63.0 Å². The highest BCUT2D eigenvalue weighted by Gasteiger charge is 2.32. The van der Waals surface area contributed by atoms with Crippen LogP contribution in [0.1, 0.15) is 63.5 Å². The van der Waals surface area contributed by atoms with Crippen molar-refractivity contribution in [2.24, 2.45) is 9.98 Å². The summed E-state index contributed by atoms with van der Waals surface area (Å²) in [5.74, 6) is 0. The summed E-state index contributed by atoms with van der Waals surface area (Å²) >= 11 is 0. The maximum atomic E-state index is 11.3. The van der Waals surface area contributed by atoms with E-state index in [1.807, 2.05) is 43.3 Å². The predicted molar refractivity (Wildman–Crippen MR) is 127 cm³/mol. The fraction of sp³-hybridized carbons (Fsp3) is 0.423. The molecule has 0 saturated carbocycles. The Hall–Kier alpha value is -2.95. The van der Waals surface area contributed by atoms with Crippen molar-refractivity contribution in [3.63, 3.8) is 0 Å². The van der Waals surface area contributed by atoms with E-state index in [0.29, 0.717) is 13.2 Å². The smallest absolute Gasteiger partial charge is 0.407 e. The zero-order chi connectivity index (χ0) is 21.9. The molecule has 2 aromatic carbocycles. The Morgan fingerprint density at radius 1 is 0.839 bits per heavy atom. The summed E-state index contributed by atoms with van der Waals surface area (Å²) < 4.78 is 4.86. The molecule has 3 rings (SSSR count). The summed E-state index contributed by atoms with van der Waals surface area (Å²) in [4.78, 5) is 21.4. The van der Waals surface area contributed by atoms with Crippen molar-refractivity contribution in [3.05, 3.63) is 71.8 Å². The molecule has 5 heteroatoms. The highest BCUT2D eigenvalue weighted by atomic mass is 16.5. The van der Waals surface area contributed by atoms with Crippen LogP contribution in [0.4, 0.5) is 4.79 Å². The second-order valence-electron chi connectivity index (χ2n) is 8.03. The average molecular weight is 420 g/mol. The normalized spacial score (nSPS) is 14.6. The third-order valence-electron chi connectivity index (χ3n) is 5.40. The zero-order valence-corrected chi connectivity index (χ0v) is 18.6. The molecule has 164 valence electrons. The first kappa shape index (κ1) is 22.7. The van der Waals surface area contributed by atoms with E-state index in [9.17, 15) is 4.79 Å². The number of rotatable bonds is 11. The molecule has 0 bridgehead atoms. The minimum absolute atomic E-state index is 0.323. The molecule has 1 aliphatic heterocycles. The molecule has 0 aromatic heterocycles. The average Bonchev–Trinajstić information content (AvgIpc) is 3.15. The van der Waals surface area contributed by atoms with Gasteiger partial charge in [0.15, 0.2) is 0 Å². The van der Waals surface area contributed by atoms with E-state index in [0.717, 1.165) is 61.1 Å². The molecule has 0 unspecified atom stereocenters. The first-order chi connectivity index (χ1) is 15.1. The summed E-state index contributed by atoms with van der Waals surface area (Å²) in [7, 11) is 0. The number of nitrogens with zero attached hydrogens (tertiary/aromatic N) is 2. The number of aliphatic imine (C=N–C) groups is 2. The molecular weight excluding hydrogens is 386 g/mol. The van der Waals surface area contributed by atoms with Gasteiger partial charge in [0.05, 0.1) is 18.0 Å². The Bertz CT molecular complexity index is 836.